The van der Waals surface area contributed by atoms with Gasteiger partial charge in [-0.2, -0.15) is 5.06 Å². The quantitative estimate of drug-likeness (QED) is 0.566. The number of epoxide rings is 1. The minimum Gasteiger partial charge on any atom is -0.371 e. The maximum atomic E-state index is 5.52. The number of nitrogens with zero attached hydrogens (tertiary/aromatic N) is 1. The average Bonchev–Trinajstić information content (AvgIpc) is 2.86. The molecule has 1 unspecified atom stereocenters. The molecule has 0 amide bonds. The monoisotopic (exact) mass is 157 g/mol. The minimum absolute atomic E-state index is 0.400. The molecule has 2 aliphatic rings. The van der Waals surface area contributed by atoms with E-state index in [1.165, 1.54) is 19.3 Å². The van der Waals surface area contributed by atoms with Crippen molar-refractivity contribution in [1.29, 1.82) is 0 Å². The van der Waals surface area contributed by atoms with Crippen LogP contribution in [0.2, 0.25) is 0 Å². The molecule has 0 aliphatic carbocycles. The third-order valence-electron chi connectivity index (χ3n) is 2.16. The average molecular weight is 157 g/mol. The summed E-state index contributed by atoms with van der Waals surface area (Å²) in [6, 6.07) is 0. The Bertz CT molecular complexity index is 119. The van der Waals surface area contributed by atoms with Crippen LogP contribution in [0.5, 0.6) is 0 Å². The Morgan fingerprint density at radius 1 is 1.27 bits per heavy atom. The number of ether oxygens (including phenoxy) is 1. The first-order chi connectivity index (χ1) is 5.45. The van der Waals surface area contributed by atoms with Gasteiger partial charge in [0.25, 0.3) is 0 Å². The number of hydrogen-bond acceptors (Lipinski definition) is 3. The molecule has 3 nitrogen and oxygen atoms in total. The first-order valence-corrected chi connectivity index (χ1v) is 4.44. The maximum absolute atomic E-state index is 5.52. The molecule has 2 rings (SSSR count). The fourth-order valence-electron chi connectivity index (χ4n) is 1.35. The van der Waals surface area contributed by atoms with Crippen molar-refractivity contribution in [1.82, 2.24) is 5.06 Å². The van der Waals surface area contributed by atoms with E-state index in [4.69, 9.17) is 9.57 Å². The van der Waals surface area contributed by atoms with Gasteiger partial charge < -0.3 is 4.74 Å². The van der Waals surface area contributed by atoms with Crippen LogP contribution in [0.3, 0.4) is 0 Å². The van der Waals surface area contributed by atoms with Crippen LogP contribution in [-0.2, 0) is 9.57 Å². The Kier molecular flexibility index (Phi) is 2.41. The summed E-state index contributed by atoms with van der Waals surface area (Å²) >= 11 is 0. The van der Waals surface area contributed by atoms with Crippen molar-refractivity contribution < 1.29 is 9.57 Å². The molecule has 3 heteroatoms. The lowest BCUT2D eigenvalue weighted by Gasteiger charge is -2.25. The van der Waals surface area contributed by atoms with Gasteiger partial charge in [-0.05, 0) is 12.8 Å². The highest BCUT2D eigenvalue weighted by Crippen LogP contribution is 2.13. The number of rotatable bonds is 3. The van der Waals surface area contributed by atoms with Crippen molar-refractivity contribution in [3.8, 4) is 0 Å². The van der Waals surface area contributed by atoms with E-state index >= 15 is 0 Å². The van der Waals surface area contributed by atoms with Gasteiger partial charge in [-0.25, -0.2) is 0 Å². The van der Waals surface area contributed by atoms with Crippen molar-refractivity contribution in [3.05, 3.63) is 0 Å². The summed E-state index contributed by atoms with van der Waals surface area (Å²) in [4.78, 5) is 5.52. The van der Waals surface area contributed by atoms with Gasteiger partial charge in [-0.15, -0.1) is 0 Å². The van der Waals surface area contributed by atoms with Crippen LogP contribution in [-0.4, -0.2) is 37.5 Å². The Balaban J connectivity index is 1.59. The molecule has 1 atom stereocenters. The SMILES string of the molecule is C1CCN(OCC2CO2)CC1. The van der Waals surface area contributed by atoms with Crippen LogP contribution in [0.15, 0.2) is 0 Å². The molecule has 0 bridgehead atoms. The Hall–Kier alpha value is -0.120. The van der Waals surface area contributed by atoms with Crippen LogP contribution < -0.4 is 0 Å². The molecule has 0 spiro atoms. The maximum Gasteiger partial charge on any atom is 0.106 e. The molecule has 0 aromatic rings. The second-order valence-electron chi connectivity index (χ2n) is 3.24. The van der Waals surface area contributed by atoms with E-state index in [1.807, 2.05) is 0 Å². The molecule has 0 radical (unpaired) electrons. The van der Waals surface area contributed by atoms with Gasteiger partial charge in [0.05, 0.1) is 13.2 Å². The van der Waals surface area contributed by atoms with Crippen LogP contribution in [0.4, 0.5) is 0 Å². The lowest BCUT2D eigenvalue weighted by Crippen LogP contribution is -2.31. The van der Waals surface area contributed by atoms with Crippen molar-refractivity contribution in [3.63, 3.8) is 0 Å². The number of piperidine rings is 1. The zero-order valence-corrected chi connectivity index (χ0v) is 6.79. The van der Waals surface area contributed by atoms with Crippen LogP contribution in [0.1, 0.15) is 19.3 Å². The Morgan fingerprint density at radius 3 is 2.64 bits per heavy atom. The topological polar surface area (TPSA) is 25.0 Å². The first-order valence-electron chi connectivity index (χ1n) is 4.44. The molecule has 0 aromatic heterocycles. The summed E-state index contributed by atoms with van der Waals surface area (Å²) in [5.41, 5.74) is 0. The Labute approximate surface area is 67.2 Å². The summed E-state index contributed by atoms with van der Waals surface area (Å²) < 4.78 is 5.05. The number of hydroxylamine groups is 2. The van der Waals surface area contributed by atoms with Gasteiger partial charge >= 0.3 is 0 Å². The molecule has 2 aliphatic heterocycles. The fraction of sp³-hybridized carbons (Fsp3) is 1.00. The molecule has 0 saturated carbocycles. The van der Waals surface area contributed by atoms with Gasteiger partial charge in [0.15, 0.2) is 0 Å². The van der Waals surface area contributed by atoms with Crippen LogP contribution in [0, 0.1) is 0 Å². The summed E-state index contributed by atoms with van der Waals surface area (Å²) in [7, 11) is 0. The van der Waals surface area contributed by atoms with Gasteiger partial charge in [0.2, 0.25) is 0 Å². The highest BCUT2D eigenvalue weighted by Gasteiger charge is 2.24. The van der Waals surface area contributed by atoms with Crippen molar-refractivity contribution in [2.24, 2.45) is 0 Å². The van der Waals surface area contributed by atoms with E-state index in [-0.39, 0.29) is 0 Å². The molecule has 0 aromatic carbocycles. The molecule has 0 N–H and O–H groups in total. The predicted molar refractivity (Wildman–Crippen MR) is 41.1 cm³/mol. The third-order valence-corrected chi connectivity index (χ3v) is 2.16. The summed E-state index contributed by atoms with van der Waals surface area (Å²) in [6.07, 6.45) is 4.33. The Morgan fingerprint density at radius 2 is 2.00 bits per heavy atom. The van der Waals surface area contributed by atoms with Gasteiger partial charge in [-0.1, -0.05) is 6.42 Å². The summed E-state index contributed by atoms with van der Waals surface area (Å²) in [5, 5.41) is 2.07. The lowest BCUT2D eigenvalue weighted by molar-refractivity contribution is -0.171. The largest absolute Gasteiger partial charge is 0.371 e. The van der Waals surface area contributed by atoms with E-state index in [0.717, 1.165) is 26.3 Å². The second-order valence-corrected chi connectivity index (χ2v) is 3.24. The van der Waals surface area contributed by atoms with E-state index in [0.29, 0.717) is 6.10 Å². The number of hydrogen-bond donors (Lipinski definition) is 0. The molecular weight excluding hydrogens is 142 g/mol. The fourth-order valence-corrected chi connectivity index (χ4v) is 1.35. The van der Waals surface area contributed by atoms with Gasteiger partial charge in [0, 0.05) is 13.1 Å². The zero-order valence-electron chi connectivity index (χ0n) is 6.79. The smallest absolute Gasteiger partial charge is 0.106 e. The van der Waals surface area contributed by atoms with Gasteiger partial charge in [-0.3, -0.25) is 4.84 Å². The molecule has 11 heavy (non-hydrogen) atoms. The van der Waals surface area contributed by atoms with Crippen molar-refractivity contribution in [2.45, 2.75) is 25.4 Å². The zero-order chi connectivity index (χ0) is 7.52. The van der Waals surface area contributed by atoms with E-state index in [2.05, 4.69) is 5.06 Å². The molecule has 2 saturated heterocycles. The summed E-state index contributed by atoms with van der Waals surface area (Å²) in [6.45, 7) is 3.87. The van der Waals surface area contributed by atoms with E-state index < -0.39 is 0 Å². The van der Waals surface area contributed by atoms with E-state index in [9.17, 15) is 0 Å². The van der Waals surface area contributed by atoms with Crippen LogP contribution in [0.25, 0.3) is 0 Å². The summed E-state index contributed by atoms with van der Waals surface area (Å²) in [5.74, 6) is 0. The molecular formula is C8H15NO2. The first kappa shape index (κ1) is 7.53. The third kappa shape index (κ3) is 2.43. The highest BCUT2D eigenvalue weighted by molar-refractivity contribution is 4.67. The second kappa shape index (κ2) is 3.52. The predicted octanol–water partition coefficient (Wildman–Crippen LogP) is 0.803. The lowest BCUT2D eigenvalue weighted by atomic mass is 10.2. The molecule has 64 valence electrons. The highest BCUT2D eigenvalue weighted by atomic mass is 16.7. The molecule has 2 fully saturated rings. The van der Waals surface area contributed by atoms with Crippen LogP contribution >= 0.6 is 0 Å². The minimum atomic E-state index is 0.400. The van der Waals surface area contributed by atoms with Crippen molar-refractivity contribution >= 4 is 0 Å². The van der Waals surface area contributed by atoms with Gasteiger partial charge in [0.1, 0.15) is 6.10 Å². The normalized spacial score (nSPS) is 32.2. The van der Waals surface area contributed by atoms with Crippen molar-refractivity contribution in [2.75, 3.05) is 26.3 Å². The van der Waals surface area contributed by atoms with E-state index in [1.54, 1.807) is 0 Å². The molecule has 2 heterocycles. The standard InChI is InChI=1S/C8H15NO2/c1-2-4-9(5-3-1)11-7-8-6-10-8/h8H,1-7H2.